The number of hydrogen-bond acceptors (Lipinski definition) is 4. The van der Waals surface area contributed by atoms with Gasteiger partial charge in [0.15, 0.2) is 12.0 Å². The molecule has 1 saturated carbocycles. The van der Waals surface area contributed by atoms with E-state index in [1.54, 1.807) is 0 Å². The number of amides is 1. The normalized spacial score (nSPS) is 24.6. The van der Waals surface area contributed by atoms with Crippen LogP contribution >= 0.6 is 11.6 Å². The maximum atomic E-state index is 13.0. The number of carbonyl (C=O) groups excluding carboxylic acids is 1. The second-order valence-corrected chi connectivity index (χ2v) is 9.40. The number of ether oxygens (including phenoxy) is 1. The summed E-state index contributed by atoms with van der Waals surface area (Å²) in [6.07, 6.45) is 8.10. The summed E-state index contributed by atoms with van der Waals surface area (Å²) >= 11 is 6.27. The van der Waals surface area contributed by atoms with Gasteiger partial charge >= 0.3 is 0 Å². The Morgan fingerprint density at radius 3 is 2.76 bits per heavy atom. The molecular weight excluding hydrogens is 388 g/mol. The number of likely N-dealkylation sites (tertiary alicyclic amines) is 1. The third kappa shape index (κ3) is 3.73. The monoisotopic (exact) mass is 416 g/mol. The van der Waals surface area contributed by atoms with Gasteiger partial charge in [0.1, 0.15) is 6.04 Å². The van der Waals surface area contributed by atoms with Gasteiger partial charge in [-0.15, -0.1) is 0 Å². The molecule has 2 aromatic rings. The lowest BCUT2D eigenvalue weighted by atomic mass is 9.93. The summed E-state index contributed by atoms with van der Waals surface area (Å²) in [7, 11) is 0. The molecule has 0 unspecified atom stereocenters. The molecule has 3 fully saturated rings. The summed E-state index contributed by atoms with van der Waals surface area (Å²) in [5.41, 5.74) is 1.55. The summed E-state index contributed by atoms with van der Waals surface area (Å²) < 4.78 is 7.90. The van der Waals surface area contributed by atoms with E-state index in [-0.39, 0.29) is 18.2 Å². The topological polar surface area (TPSA) is 59.4 Å². The molecular formula is C22H29ClN4O2. The largest absolute Gasteiger partial charge is 0.357 e. The van der Waals surface area contributed by atoms with E-state index in [9.17, 15) is 4.79 Å². The number of anilines is 1. The molecule has 6 nitrogen and oxygen atoms in total. The van der Waals surface area contributed by atoms with Crippen molar-refractivity contribution in [1.29, 1.82) is 0 Å². The average Bonchev–Trinajstić information content (AvgIpc) is 3.41. The fourth-order valence-electron chi connectivity index (χ4n) is 4.77. The van der Waals surface area contributed by atoms with Gasteiger partial charge < -0.3 is 15.0 Å². The van der Waals surface area contributed by atoms with E-state index >= 15 is 0 Å². The highest BCUT2D eigenvalue weighted by Crippen LogP contribution is 2.53. The number of fused-ring (bicyclic) bond motifs is 1. The molecule has 3 aliphatic rings. The van der Waals surface area contributed by atoms with E-state index < -0.39 is 0 Å². The molecule has 1 aromatic carbocycles. The first-order valence-electron chi connectivity index (χ1n) is 10.9. The highest BCUT2D eigenvalue weighted by atomic mass is 35.5. The first-order valence-corrected chi connectivity index (χ1v) is 11.3. The molecule has 2 aliphatic heterocycles. The van der Waals surface area contributed by atoms with E-state index in [0.29, 0.717) is 16.3 Å². The SMILES string of the molecule is C[C@H](Nc1nn([C@H]2CCCCO2)c2ccc(Cl)cc12)C(=O)N1CCC2(CC1)CC2. The van der Waals surface area contributed by atoms with E-state index in [2.05, 4.69) is 5.32 Å². The van der Waals surface area contributed by atoms with Gasteiger partial charge in [0, 0.05) is 30.1 Å². The highest BCUT2D eigenvalue weighted by molar-refractivity contribution is 6.31. The minimum Gasteiger partial charge on any atom is -0.357 e. The van der Waals surface area contributed by atoms with Crippen LogP contribution in [0.4, 0.5) is 5.82 Å². The fraction of sp³-hybridized carbons (Fsp3) is 0.636. The standard InChI is InChI=1S/C22H29ClN4O2/c1-15(21(28)26-11-9-22(7-8-22)10-12-26)24-20-17-14-16(23)5-6-18(17)27(25-20)19-4-2-3-13-29-19/h5-6,14-15,19H,2-4,7-13H2,1H3,(H,24,25)/t15-,19+/m0/s1. The lowest BCUT2D eigenvalue weighted by Crippen LogP contribution is -2.45. The summed E-state index contributed by atoms with van der Waals surface area (Å²) in [6, 6.07) is 5.45. The van der Waals surface area contributed by atoms with Crippen molar-refractivity contribution in [2.75, 3.05) is 25.0 Å². The molecule has 5 rings (SSSR count). The third-order valence-corrected chi connectivity index (χ3v) is 7.15. The summed E-state index contributed by atoms with van der Waals surface area (Å²) in [4.78, 5) is 15.0. The van der Waals surface area contributed by atoms with Crippen LogP contribution in [0.2, 0.25) is 5.02 Å². The quantitative estimate of drug-likeness (QED) is 0.791. The second kappa shape index (κ2) is 7.47. The van der Waals surface area contributed by atoms with Crippen molar-refractivity contribution in [2.45, 2.75) is 64.1 Å². The Hall–Kier alpha value is -1.79. The van der Waals surface area contributed by atoms with Gasteiger partial charge in [-0.2, -0.15) is 5.10 Å². The Bertz CT molecular complexity index is 907. The van der Waals surface area contributed by atoms with Crippen molar-refractivity contribution >= 4 is 34.2 Å². The van der Waals surface area contributed by atoms with Gasteiger partial charge in [0.05, 0.1) is 5.52 Å². The Morgan fingerprint density at radius 2 is 2.07 bits per heavy atom. The minimum absolute atomic E-state index is 0.0641. The van der Waals surface area contributed by atoms with Gasteiger partial charge in [0.2, 0.25) is 5.91 Å². The van der Waals surface area contributed by atoms with Crippen molar-refractivity contribution in [3.8, 4) is 0 Å². The van der Waals surface area contributed by atoms with Crippen LogP contribution in [0, 0.1) is 5.41 Å². The van der Waals surface area contributed by atoms with E-state index in [4.69, 9.17) is 21.4 Å². The molecule has 1 N–H and O–H groups in total. The first kappa shape index (κ1) is 19.2. The number of benzene rings is 1. The van der Waals surface area contributed by atoms with Crippen LogP contribution in [0.3, 0.4) is 0 Å². The van der Waals surface area contributed by atoms with Crippen LogP contribution in [-0.4, -0.2) is 46.3 Å². The molecule has 2 atom stereocenters. The van der Waals surface area contributed by atoms with E-state index in [1.165, 1.54) is 12.8 Å². The molecule has 2 saturated heterocycles. The maximum Gasteiger partial charge on any atom is 0.244 e. The van der Waals surface area contributed by atoms with Crippen LogP contribution in [-0.2, 0) is 9.53 Å². The molecule has 3 heterocycles. The summed E-state index contributed by atoms with van der Waals surface area (Å²) in [5.74, 6) is 0.854. The van der Waals surface area contributed by atoms with Crippen molar-refractivity contribution in [1.82, 2.24) is 14.7 Å². The molecule has 1 aliphatic carbocycles. The maximum absolute atomic E-state index is 13.0. The summed E-state index contributed by atoms with van der Waals surface area (Å²) in [6.45, 7) is 4.44. The second-order valence-electron chi connectivity index (χ2n) is 8.97. The fourth-order valence-corrected chi connectivity index (χ4v) is 4.95. The first-order chi connectivity index (χ1) is 14.0. The smallest absolute Gasteiger partial charge is 0.244 e. The highest BCUT2D eigenvalue weighted by Gasteiger charge is 2.45. The number of piperidine rings is 1. The van der Waals surface area contributed by atoms with Crippen molar-refractivity contribution in [2.24, 2.45) is 5.41 Å². The van der Waals surface area contributed by atoms with Crippen LogP contribution in [0.25, 0.3) is 10.9 Å². The Kier molecular flexibility index (Phi) is 4.95. The van der Waals surface area contributed by atoms with E-state index in [0.717, 1.165) is 62.7 Å². The molecule has 0 radical (unpaired) electrons. The van der Waals surface area contributed by atoms with Crippen molar-refractivity contribution in [3.63, 3.8) is 0 Å². The van der Waals surface area contributed by atoms with Crippen LogP contribution in [0.1, 0.15) is 58.1 Å². The number of nitrogens with one attached hydrogen (secondary N) is 1. The minimum atomic E-state index is -0.332. The molecule has 156 valence electrons. The Morgan fingerprint density at radius 1 is 1.28 bits per heavy atom. The molecule has 1 aromatic heterocycles. The zero-order valence-corrected chi connectivity index (χ0v) is 17.7. The predicted octanol–water partition coefficient (Wildman–Crippen LogP) is 4.59. The summed E-state index contributed by atoms with van der Waals surface area (Å²) in [5, 5.41) is 9.77. The van der Waals surface area contributed by atoms with Gasteiger partial charge in [-0.05, 0) is 75.5 Å². The van der Waals surface area contributed by atoms with Gasteiger partial charge in [0.25, 0.3) is 0 Å². The van der Waals surface area contributed by atoms with Crippen LogP contribution in [0.15, 0.2) is 18.2 Å². The number of nitrogens with zero attached hydrogens (tertiary/aromatic N) is 3. The van der Waals surface area contributed by atoms with Gasteiger partial charge in [-0.3, -0.25) is 4.79 Å². The number of halogens is 1. The lowest BCUT2D eigenvalue weighted by molar-refractivity contribution is -0.133. The molecule has 1 amide bonds. The molecule has 29 heavy (non-hydrogen) atoms. The van der Waals surface area contributed by atoms with E-state index in [1.807, 2.05) is 34.7 Å². The number of rotatable bonds is 4. The lowest BCUT2D eigenvalue weighted by Gasteiger charge is -2.34. The zero-order chi connectivity index (χ0) is 20.0. The molecule has 7 heteroatoms. The Labute approximate surface area is 176 Å². The van der Waals surface area contributed by atoms with Crippen LogP contribution < -0.4 is 5.32 Å². The predicted molar refractivity (Wildman–Crippen MR) is 114 cm³/mol. The van der Waals surface area contributed by atoms with Gasteiger partial charge in [-0.1, -0.05) is 11.6 Å². The van der Waals surface area contributed by atoms with Crippen LogP contribution in [0.5, 0.6) is 0 Å². The number of hydrogen-bond donors (Lipinski definition) is 1. The van der Waals surface area contributed by atoms with Crippen molar-refractivity contribution in [3.05, 3.63) is 23.2 Å². The van der Waals surface area contributed by atoms with Crippen molar-refractivity contribution < 1.29 is 9.53 Å². The molecule has 0 bridgehead atoms. The average molecular weight is 417 g/mol. The zero-order valence-electron chi connectivity index (χ0n) is 17.0. The molecule has 1 spiro atoms. The van der Waals surface area contributed by atoms with Gasteiger partial charge in [-0.25, -0.2) is 4.68 Å². The number of aromatic nitrogens is 2. The number of carbonyl (C=O) groups is 1. The Balaban J connectivity index is 1.36. The third-order valence-electron chi connectivity index (χ3n) is 6.91.